The van der Waals surface area contributed by atoms with E-state index in [0.717, 1.165) is 32.4 Å². The number of methoxy groups -OCH3 is 1. The van der Waals surface area contributed by atoms with E-state index < -0.39 is 0 Å². The summed E-state index contributed by atoms with van der Waals surface area (Å²) >= 11 is 0. The van der Waals surface area contributed by atoms with E-state index >= 15 is 0 Å². The van der Waals surface area contributed by atoms with Crippen molar-refractivity contribution in [3.05, 3.63) is 18.6 Å². The quantitative estimate of drug-likeness (QED) is 0.764. The van der Waals surface area contributed by atoms with Gasteiger partial charge in [0.1, 0.15) is 5.82 Å². The number of hydrogen-bond donors (Lipinski definition) is 2. The van der Waals surface area contributed by atoms with Gasteiger partial charge in [0, 0.05) is 20.2 Å². The second kappa shape index (κ2) is 6.42. The molecule has 1 amide bonds. The summed E-state index contributed by atoms with van der Waals surface area (Å²) in [6, 6.07) is 0.268. The molecule has 10 heteroatoms. The summed E-state index contributed by atoms with van der Waals surface area (Å²) in [7, 11) is 1.71. The highest BCUT2D eigenvalue weighted by Gasteiger charge is 2.72. The maximum Gasteiger partial charge on any atom is 0.300 e. The third-order valence-corrected chi connectivity index (χ3v) is 5.82. The van der Waals surface area contributed by atoms with E-state index in [0.29, 0.717) is 30.7 Å². The number of carbonyl (C=O) groups is 1. The van der Waals surface area contributed by atoms with Crippen LogP contribution in [0.2, 0.25) is 0 Å². The number of ether oxygens (including phenoxy) is 3. The second-order valence-electron chi connectivity index (χ2n) is 7.67. The van der Waals surface area contributed by atoms with Crippen molar-refractivity contribution in [3.63, 3.8) is 0 Å². The number of imidazole rings is 1. The summed E-state index contributed by atoms with van der Waals surface area (Å²) in [5, 5.41) is 2.88. The Morgan fingerprint density at radius 3 is 2.57 bits per heavy atom. The predicted molar refractivity (Wildman–Crippen MR) is 98.4 cm³/mol. The van der Waals surface area contributed by atoms with Crippen molar-refractivity contribution < 1.29 is 19.0 Å². The minimum atomic E-state index is -0.286. The first-order valence-electron chi connectivity index (χ1n) is 9.34. The lowest BCUT2D eigenvalue weighted by Gasteiger charge is -2.67. The molecule has 0 spiro atoms. The van der Waals surface area contributed by atoms with Crippen molar-refractivity contribution >= 4 is 17.7 Å². The Bertz CT molecular complexity index is 857. The summed E-state index contributed by atoms with van der Waals surface area (Å²) < 4.78 is 16.4. The van der Waals surface area contributed by atoms with Crippen molar-refractivity contribution in [1.29, 1.82) is 0 Å². The zero-order valence-electron chi connectivity index (χ0n) is 15.6. The normalized spacial score (nSPS) is 28.2. The Morgan fingerprint density at radius 1 is 1.18 bits per heavy atom. The Kier molecular flexibility index (Phi) is 3.98. The first kappa shape index (κ1) is 17.4. The Balaban J connectivity index is 1.17. The minimum Gasteiger partial charge on any atom is -0.422 e. The number of aromatic nitrogens is 4. The third kappa shape index (κ3) is 2.89. The monoisotopic (exact) mass is 386 g/mol. The Labute approximate surface area is 161 Å². The smallest absolute Gasteiger partial charge is 0.300 e. The van der Waals surface area contributed by atoms with Crippen molar-refractivity contribution in [2.24, 2.45) is 5.41 Å². The fourth-order valence-corrected chi connectivity index (χ4v) is 4.23. The lowest BCUT2D eigenvalue weighted by molar-refractivity contribution is -0.260. The van der Waals surface area contributed by atoms with E-state index in [1.807, 2.05) is 0 Å². The van der Waals surface area contributed by atoms with Gasteiger partial charge in [-0.1, -0.05) is 0 Å². The molecule has 10 nitrogen and oxygen atoms in total. The van der Waals surface area contributed by atoms with Gasteiger partial charge in [0.05, 0.1) is 42.8 Å². The summed E-state index contributed by atoms with van der Waals surface area (Å²) in [6.07, 6.45) is 7.09. The molecule has 4 fully saturated rings. The maximum absolute atomic E-state index is 12.5. The highest BCUT2D eigenvalue weighted by molar-refractivity contribution is 5.97. The maximum atomic E-state index is 12.5. The van der Waals surface area contributed by atoms with Gasteiger partial charge in [0.25, 0.3) is 0 Å². The van der Waals surface area contributed by atoms with Gasteiger partial charge in [0.15, 0.2) is 5.75 Å². The van der Waals surface area contributed by atoms with Crippen molar-refractivity contribution in [2.75, 3.05) is 43.6 Å². The number of anilines is 2. The number of amides is 1. The number of H-pyrrole nitrogens is 1. The molecule has 2 aromatic rings. The zero-order chi connectivity index (χ0) is 19.2. The fourth-order valence-electron chi connectivity index (χ4n) is 4.23. The number of hydrogen-bond acceptors (Lipinski definition) is 8. The molecule has 4 aliphatic rings. The standard InChI is InChI=1S/C18H22N6O4/c1-26-18-9-17(10-18,11-18)14(25)22-13-8-21-16(23-13)28-12-6-19-15(20-7-12)24-2-4-27-5-3-24/h6-8H,2-5,9-11H2,1H3,(H,21,23)(H,22,25). The topological polar surface area (TPSA) is 114 Å². The number of carbonyl (C=O) groups excluding carboxylic acids is 1. The first-order valence-corrected chi connectivity index (χ1v) is 9.34. The summed E-state index contributed by atoms with van der Waals surface area (Å²) in [5.41, 5.74) is -0.349. The number of aromatic amines is 1. The van der Waals surface area contributed by atoms with E-state index in [2.05, 4.69) is 30.2 Å². The molecule has 1 aliphatic heterocycles. The molecule has 0 atom stereocenters. The Hall–Kier alpha value is -2.72. The van der Waals surface area contributed by atoms with Crippen LogP contribution in [0, 0.1) is 5.41 Å². The molecule has 0 unspecified atom stereocenters. The highest BCUT2D eigenvalue weighted by atomic mass is 16.5. The third-order valence-electron chi connectivity index (χ3n) is 5.82. The lowest BCUT2D eigenvalue weighted by atomic mass is 9.40. The van der Waals surface area contributed by atoms with E-state index in [1.165, 1.54) is 6.20 Å². The van der Waals surface area contributed by atoms with E-state index in [1.54, 1.807) is 19.5 Å². The van der Waals surface area contributed by atoms with Crippen LogP contribution in [-0.4, -0.2) is 64.9 Å². The molecule has 3 aliphatic carbocycles. The molecule has 3 saturated carbocycles. The van der Waals surface area contributed by atoms with Crippen LogP contribution >= 0.6 is 0 Å². The molecule has 2 N–H and O–H groups in total. The van der Waals surface area contributed by atoms with Crippen molar-refractivity contribution in [1.82, 2.24) is 19.9 Å². The van der Waals surface area contributed by atoms with Crippen LogP contribution in [0.1, 0.15) is 19.3 Å². The summed E-state index contributed by atoms with van der Waals surface area (Å²) in [4.78, 5) is 30.3. The molecule has 3 heterocycles. The van der Waals surface area contributed by atoms with Gasteiger partial charge in [-0.3, -0.25) is 9.78 Å². The van der Waals surface area contributed by atoms with Gasteiger partial charge in [-0.25, -0.2) is 15.0 Å². The average Bonchev–Trinajstić information content (AvgIpc) is 3.08. The average molecular weight is 386 g/mol. The number of morpholine rings is 1. The molecule has 2 aromatic heterocycles. The molecule has 148 valence electrons. The van der Waals surface area contributed by atoms with Gasteiger partial charge < -0.3 is 24.4 Å². The molecular weight excluding hydrogens is 364 g/mol. The minimum absolute atomic E-state index is 0.000164. The van der Waals surface area contributed by atoms with Gasteiger partial charge in [-0.15, -0.1) is 0 Å². The summed E-state index contributed by atoms with van der Waals surface area (Å²) in [5.74, 6) is 1.61. The highest BCUT2D eigenvalue weighted by Crippen LogP contribution is 2.69. The van der Waals surface area contributed by atoms with Gasteiger partial charge in [-0.05, 0) is 19.3 Å². The van der Waals surface area contributed by atoms with Gasteiger partial charge in [0.2, 0.25) is 11.9 Å². The molecule has 6 rings (SSSR count). The van der Waals surface area contributed by atoms with E-state index in [9.17, 15) is 4.79 Å². The van der Waals surface area contributed by atoms with E-state index in [-0.39, 0.29) is 22.9 Å². The first-order chi connectivity index (χ1) is 13.6. The van der Waals surface area contributed by atoms with E-state index in [4.69, 9.17) is 14.2 Å². The van der Waals surface area contributed by atoms with Crippen LogP contribution in [0.3, 0.4) is 0 Å². The lowest BCUT2D eigenvalue weighted by Crippen LogP contribution is -2.72. The molecule has 2 bridgehead atoms. The fraction of sp³-hybridized carbons (Fsp3) is 0.556. The number of rotatable bonds is 6. The molecule has 1 saturated heterocycles. The van der Waals surface area contributed by atoms with Crippen molar-refractivity contribution in [3.8, 4) is 11.8 Å². The van der Waals surface area contributed by atoms with Crippen LogP contribution in [-0.2, 0) is 14.3 Å². The Morgan fingerprint density at radius 2 is 1.89 bits per heavy atom. The molecule has 28 heavy (non-hydrogen) atoms. The second-order valence-corrected chi connectivity index (χ2v) is 7.67. The van der Waals surface area contributed by atoms with Gasteiger partial charge >= 0.3 is 6.01 Å². The van der Waals surface area contributed by atoms with Gasteiger partial charge in [-0.2, -0.15) is 0 Å². The molecule has 0 radical (unpaired) electrons. The number of nitrogens with one attached hydrogen (secondary N) is 2. The van der Waals surface area contributed by atoms with Crippen molar-refractivity contribution in [2.45, 2.75) is 24.9 Å². The molecule has 0 aromatic carbocycles. The predicted octanol–water partition coefficient (Wildman–Crippen LogP) is 1.34. The molecular formula is C18H22N6O4. The van der Waals surface area contributed by atoms with Crippen LogP contribution in [0.4, 0.5) is 11.8 Å². The largest absolute Gasteiger partial charge is 0.422 e. The summed E-state index contributed by atoms with van der Waals surface area (Å²) in [6.45, 7) is 2.90. The van der Waals surface area contributed by atoms with Crippen LogP contribution < -0.4 is 15.0 Å². The SMILES string of the molecule is COC12CC(C(=O)Nc3cnc(Oc4cnc(N5CCOCC5)nc4)[nH]3)(C1)C2. The van der Waals surface area contributed by atoms with Crippen LogP contribution in [0.15, 0.2) is 18.6 Å². The van der Waals surface area contributed by atoms with Crippen LogP contribution in [0.5, 0.6) is 11.8 Å². The van der Waals surface area contributed by atoms with Crippen LogP contribution in [0.25, 0.3) is 0 Å². The number of nitrogens with zero attached hydrogens (tertiary/aromatic N) is 4. The zero-order valence-corrected chi connectivity index (χ0v) is 15.6.